The molecule has 2 aromatic heterocycles. The SMILES string of the molecule is Nc1nc(NCCC2CC2)c2ccsc2n1. The van der Waals surface area contributed by atoms with Gasteiger partial charge in [-0.15, -0.1) is 11.3 Å². The monoisotopic (exact) mass is 234 g/mol. The van der Waals surface area contributed by atoms with Gasteiger partial charge in [0.15, 0.2) is 0 Å². The minimum absolute atomic E-state index is 0.351. The molecule has 1 aliphatic rings. The zero-order valence-corrected chi connectivity index (χ0v) is 9.76. The summed E-state index contributed by atoms with van der Waals surface area (Å²) in [4.78, 5) is 9.41. The molecule has 2 aromatic rings. The first kappa shape index (κ1) is 9.84. The van der Waals surface area contributed by atoms with Crippen molar-refractivity contribution < 1.29 is 0 Å². The number of hydrogen-bond acceptors (Lipinski definition) is 5. The number of nitrogen functional groups attached to an aromatic ring is 1. The van der Waals surface area contributed by atoms with E-state index in [4.69, 9.17) is 5.73 Å². The maximum atomic E-state index is 5.67. The molecule has 2 heterocycles. The van der Waals surface area contributed by atoms with Gasteiger partial charge in [0.1, 0.15) is 10.6 Å². The van der Waals surface area contributed by atoms with Gasteiger partial charge in [-0.05, 0) is 23.8 Å². The van der Waals surface area contributed by atoms with Gasteiger partial charge in [0, 0.05) is 6.54 Å². The zero-order valence-electron chi connectivity index (χ0n) is 8.94. The summed E-state index contributed by atoms with van der Waals surface area (Å²) in [5, 5.41) is 6.46. The maximum absolute atomic E-state index is 5.67. The topological polar surface area (TPSA) is 63.8 Å². The summed E-state index contributed by atoms with van der Waals surface area (Å²) < 4.78 is 0. The Kier molecular flexibility index (Phi) is 2.40. The maximum Gasteiger partial charge on any atom is 0.223 e. The summed E-state index contributed by atoms with van der Waals surface area (Å²) in [5.41, 5.74) is 5.67. The Hall–Kier alpha value is -1.36. The summed E-state index contributed by atoms with van der Waals surface area (Å²) >= 11 is 1.60. The largest absolute Gasteiger partial charge is 0.369 e. The molecule has 0 aromatic carbocycles. The predicted molar refractivity (Wildman–Crippen MR) is 67.7 cm³/mol. The van der Waals surface area contributed by atoms with E-state index in [1.807, 2.05) is 11.4 Å². The lowest BCUT2D eigenvalue weighted by atomic mass is 10.3. The fourth-order valence-electron chi connectivity index (χ4n) is 1.81. The number of nitrogens with zero attached hydrogens (tertiary/aromatic N) is 2. The lowest BCUT2D eigenvalue weighted by molar-refractivity contribution is 0.759. The number of rotatable bonds is 4. The van der Waals surface area contributed by atoms with E-state index in [0.29, 0.717) is 5.95 Å². The lowest BCUT2D eigenvalue weighted by Crippen LogP contribution is -2.06. The molecule has 0 atom stereocenters. The summed E-state index contributed by atoms with van der Waals surface area (Å²) in [7, 11) is 0. The van der Waals surface area contributed by atoms with Crippen LogP contribution in [0.15, 0.2) is 11.4 Å². The van der Waals surface area contributed by atoms with Crippen LogP contribution in [0.25, 0.3) is 10.2 Å². The van der Waals surface area contributed by atoms with Gasteiger partial charge in [-0.2, -0.15) is 4.98 Å². The minimum Gasteiger partial charge on any atom is -0.369 e. The Morgan fingerprint density at radius 3 is 3.12 bits per heavy atom. The highest BCUT2D eigenvalue weighted by molar-refractivity contribution is 7.16. The first-order valence-electron chi connectivity index (χ1n) is 5.57. The summed E-state index contributed by atoms with van der Waals surface area (Å²) in [5.74, 6) is 2.16. The highest BCUT2D eigenvalue weighted by Gasteiger charge is 2.20. The molecule has 0 saturated heterocycles. The van der Waals surface area contributed by atoms with E-state index in [1.54, 1.807) is 11.3 Å². The van der Waals surface area contributed by atoms with Gasteiger partial charge in [0.05, 0.1) is 5.39 Å². The third-order valence-electron chi connectivity index (χ3n) is 2.88. The van der Waals surface area contributed by atoms with Crippen molar-refractivity contribution in [2.45, 2.75) is 19.3 Å². The Labute approximate surface area is 97.9 Å². The third kappa shape index (κ3) is 1.95. The molecule has 0 radical (unpaired) electrons. The van der Waals surface area contributed by atoms with Crippen LogP contribution in [-0.4, -0.2) is 16.5 Å². The molecular formula is C11H14N4S. The van der Waals surface area contributed by atoms with Gasteiger partial charge in [-0.25, -0.2) is 4.98 Å². The van der Waals surface area contributed by atoms with Crippen LogP contribution in [0.4, 0.5) is 11.8 Å². The van der Waals surface area contributed by atoms with Crippen LogP contribution in [0.2, 0.25) is 0 Å². The molecule has 1 saturated carbocycles. The van der Waals surface area contributed by atoms with Gasteiger partial charge in [0.25, 0.3) is 0 Å². The molecule has 0 aliphatic heterocycles. The standard InChI is InChI=1S/C11H14N4S/c12-11-14-9(13-5-3-7-1-2-7)8-4-6-16-10(8)15-11/h4,6-7H,1-3,5H2,(H3,12,13,14,15). The Balaban J connectivity index is 1.80. The van der Waals surface area contributed by atoms with Crippen molar-refractivity contribution >= 4 is 33.3 Å². The smallest absolute Gasteiger partial charge is 0.223 e. The molecule has 3 rings (SSSR count). The van der Waals surface area contributed by atoms with Crippen molar-refractivity contribution in [1.82, 2.24) is 9.97 Å². The predicted octanol–water partition coefficient (Wildman–Crippen LogP) is 2.49. The number of hydrogen-bond donors (Lipinski definition) is 2. The van der Waals surface area contributed by atoms with Crippen molar-refractivity contribution in [3.05, 3.63) is 11.4 Å². The summed E-state index contributed by atoms with van der Waals surface area (Å²) in [6, 6.07) is 2.04. The first-order chi connectivity index (χ1) is 7.83. The number of nitrogens with two attached hydrogens (primary N) is 1. The van der Waals surface area contributed by atoms with Crippen LogP contribution in [0.1, 0.15) is 19.3 Å². The fourth-order valence-corrected chi connectivity index (χ4v) is 2.58. The van der Waals surface area contributed by atoms with Crippen LogP contribution in [-0.2, 0) is 0 Å². The highest BCUT2D eigenvalue weighted by Crippen LogP contribution is 2.32. The van der Waals surface area contributed by atoms with E-state index in [1.165, 1.54) is 19.3 Å². The van der Waals surface area contributed by atoms with Gasteiger partial charge in [-0.3, -0.25) is 0 Å². The fraction of sp³-hybridized carbons (Fsp3) is 0.455. The Morgan fingerprint density at radius 2 is 2.31 bits per heavy atom. The van der Waals surface area contributed by atoms with E-state index in [0.717, 1.165) is 28.5 Å². The average molecular weight is 234 g/mol. The number of fused-ring (bicyclic) bond motifs is 1. The second-order valence-corrected chi connectivity index (χ2v) is 5.12. The van der Waals surface area contributed by atoms with Gasteiger partial charge >= 0.3 is 0 Å². The second kappa shape index (κ2) is 3.90. The van der Waals surface area contributed by atoms with E-state index in [9.17, 15) is 0 Å². The first-order valence-corrected chi connectivity index (χ1v) is 6.45. The molecule has 0 amide bonds. The van der Waals surface area contributed by atoms with Crippen LogP contribution in [0.5, 0.6) is 0 Å². The number of aromatic nitrogens is 2. The minimum atomic E-state index is 0.351. The molecule has 4 nitrogen and oxygen atoms in total. The molecule has 0 spiro atoms. The van der Waals surface area contributed by atoms with Crippen molar-refractivity contribution in [3.8, 4) is 0 Å². The molecule has 1 fully saturated rings. The molecule has 3 N–H and O–H groups in total. The molecule has 0 unspecified atom stereocenters. The van der Waals surface area contributed by atoms with Crippen LogP contribution in [0, 0.1) is 5.92 Å². The normalized spacial score (nSPS) is 15.5. The average Bonchev–Trinajstić information content (AvgIpc) is 2.95. The zero-order chi connectivity index (χ0) is 11.0. The van der Waals surface area contributed by atoms with Crippen molar-refractivity contribution in [2.24, 2.45) is 5.92 Å². The molecule has 1 aliphatic carbocycles. The second-order valence-electron chi connectivity index (χ2n) is 4.23. The third-order valence-corrected chi connectivity index (χ3v) is 3.69. The van der Waals surface area contributed by atoms with Crippen molar-refractivity contribution in [1.29, 1.82) is 0 Å². The van der Waals surface area contributed by atoms with Crippen molar-refractivity contribution in [2.75, 3.05) is 17.6 Å². The van der Waals surface area contributed by atoms with E-state index < -0.39 is 0 Å². The highest BCUT2D eigenvalue weighted by atomic mass is 32.1. The molecule has 84 valence electrons. The van der Waals surface area contributed by atoms with E-state index in [-0.39, 0.29) is 0 Å². The molecule has 0 bridgehead atoms. The van der Waals surface area contributed by atoms with E-state index in [2.05, 4.69) is 15.3 Å². The Bertz CT molecular complexity index is 504. The van der Waals surface area contributed by atoms with Crippen molar-refractivity contribution in [3.63, 3.8) is 0 Å². The van der Waals surface area contributed by atoms with Crippen LogP contribution < -0.4 is 11.1 Å². The Morgan fingerprint density at radius 1 is 1.44 bits per heavy atom. The quantitative estimate of drug-likeness (QED) is 0.853. The van der Waals surface area contributed by atoms with Gasteiger partial charge in [-0.1, -0.05) is 12.8 Å². The molecule has 16 heavy (non-hydrogen) atoms. The van der Waals surface area contributed by atoms with E-state index >= 15 is 0 Å². The van der Waals surface area contributed by atoms with Gasteiger partial charge < -0.3 is 11.1 Å². The molecular weight excluding hydrogens is 220 g/mol. The van der Waals surface area contributed by atoms with Gasteiger partial charge in [0.2, 0.25) is 5.95 Å². The lowest BCUT2D eigenvalue weighted by Gasteiger charge is -2.06. The molecule has 5 heteroatoms. The number of thiophene rings is 1. The van der Waals surface area contributed by atoms with Crippen LogP contribution in [0.3, 0.4) is 0 Å². The summed E-state index contributed by atoms with van der Waals surface area (Å²) in [6.07, 6.45) is 4.01. The number of nitrogens with one attached hydrogen (secondary N) is 1. The van der Waals surface area contributed by atoms with Crippen LogP contribution >= 0.6 is 11.3 Å². The summed E-state index contributed by atoms with van der Waals surface area (Å²) in [6.45, 7) is 0.978. The number of anilines is 2.